The lowest BCUT2D eigenvalue weighted by Gasteiger charge is -2.13. The maximum atomic E-state index is 6.16. The number of rotatable bonds is 10. The average Bonchev–Trinajstić information content (AvgIpc) is 3.44. The topological polar surface area (TPSA) is 84.8 Å². The minimum atomic E-state index is 0.591. The molecular weight excluding hydrogens is 414 g/mol. The van der Waals surface area contributed by atoms with Gasteiger partial charge in [-0.2, -0.15) is 10.3 Å². The van der Waals surface area contributed by atoms with Crippen molar-refractivity contribution < 1.29 is 4.74 Å². The zero-order chi connectivity index (χ0) is 23.2. The first-order valence-electron chi connectivity index (χ1n) is 11.3. The number of likely N-dealkylation sites (N-methyl/N-ethyl adjacent to an activating group) is 1. The summed E-state index contributed by atoms with van der Waals surface area (Å²) in [5, 5.41) is 19.3. The number of ether oxygens (including phenoxy) is 1. The van der Waals surface area contributed by atoms with Gasteiger partial charge in [0, 0.05) is 31.1 Å². The molecule has 0 aliphatic carbocycles. The van der Waals surface area contributed by atoms with Crippen LogP contribution in [0, 0.1) is 0 Å². The Labute approximate surface area is 194 Å². The number of nitrogens with one attached hydrogen (secondary N) is 1. The van der Waals surface area contributed by atoms with Gasteiger partial charge in [0.15, 0.2) is 0 Å². The SMILES string of the molecule is CCCc1nn(C)c(OCCN(C)C)c1Cc1ccc(-c2ccccc2-c2nn[nH]n2)cc1. The fourth-order valence-corrected chi connectivity index (χ4v) is 3.94. The number of tetrazole rings is 1. The molecule has 33 heavy (non-hydrogen) atoms. The standard InChI is InChI=1S/C25H31N7O/c1-5-8-23-22(25(32(4)28-23)33-16-15-31(2)3)17-18-11-13-19(14-12-18)20-9-6-7-10-21(20)24-26-29-30-27-24/h6-7,9-14H,5,8,15-17H2,1-4H3,(H,26,27,29,30). The lowest BCUT2D eigenvalue weighted by Crippen LogP contribution is -2.20. The molecule has 0 aliphatic heterocycles. The van der Waals surface area contributed by atoms with E-state index in [1.54, 1.807) is 0 Å². The monoisotopic (exact) mass is 445 g/mol. The molecule has 0 fully saturated rings. The van der Waals surface area contributed by atoms with Crippen LogP contribution in [0.1, 0.15) is 30.2 Å². The van der Waals surface area contributed by atoms with Crippen LogP contribution in [0.5, 0.6) is 5.88 Å². The van der Waals surface area contributed by atoms with Gasteiger partial charge in [-0.05, 0) is 42.4 Å². The molecular formula is C25H31N7O. The lowest BCUT2D eigenvalue weighted by atomic mass is 9.96. The summed E-state index contributed by atoms with van der Waals surface area (Å²) in [4.78, 5) is 2.12. The van der Waals surface area contributed by atoms with E-state index in [1.165, 1.54) is 11.1 Å². The first-order valence-corrected chi connectivity index (χ1v) is 11.3. The van der Waals surface area contributed by atoms with Crippen molar-refractivity contribution in [3.8, 4) is 28.4 Å². The molecule has 2 heterocycles. The molecule has 4 rings (SSSR count). The van der Waals surface area contributed by atoms with Gasteiger partial charge in [-0.3, -0.25) is 0 Å². The summed E-state index contributed by atoms with van der Waals surface area (Å²) in [5.74, 6) is 1.46. The number of benzene rings is 2. The second-order valence-corrected chi connectivity index (χ2v) is 8.41. The van der Waals surface area contributed by atoms with Gasteiger partial charge in [-0.15, -0.1) is 10.2 Å². The molecule has 8 heteroatoms. The van der Waals surface area contributed by atoms with Crippen LogP contribution in [0.4, 0.5) is 0 Å². The fourth-order valence-electron chi connectivity index (χ4n) is 3.94. The van der Waals surface area contributed by atoms with Gasteiger partial charge < -0.3 is 9.64 Å². The van der Waals surface area contributed by atoms with Crippen molar-refractivity contribution >= 4 is 0 Å². The van der Waals surface area contributed by atoms with Crippen molar-refractivity contribution in [2.75, 3.05) is 27.2 Å². The molecule has 0 atom stereocenters. The van der Waals surface area contributed by atoms with Gasteiger partial charge >= 0.3 is 0 Å². The van der Waals surface area contributed by atoms with E-state index >= 15 is 0 Å². The number of hydrogen-bond acceptors (Lipinski definition) is 6. The Morgan fingerprint density at radius 1 is 1.03 bits per heavy atom. The minimum Gasteiger partial charge on any atom is -0.476 e. The molecule has 0 amide bonds. The Hall–Kier alpha value is -3.52. The van der Waals surface area contributed by atoms with Crippen LogP contribution in [0.2, 0.25) is 0 Å². The first kappa shape index (κ1) is 22.7. The Balaban J connectivity index is 1.59. The number of hydrogen-bond donors (Lipinski definition) is 1. The third kappa shape index (κ3) is 5.28. The molecule has 0 saturated heterocycles. The summed E-state index contributed by atoms with van der Waals surface area (Å²) in [7, 11) is 6.06. The highest BCUT2D eigenvalue weighted by Gasteiger charge is 2.18. The molecule has 8 nitrogen and oxygen atoms in total. The van der Waals surface area contributed by atoms with E-state index in [1.807, 2.05) is 29.9 Å². The minimum absolute atomic E-state index is 0.591. The number of H-pyrrole nitrogens is 1. The second kappa shape index (κ2) is 10.4. The summed E-state index contributed by atoms with van der Waals surface area (Å²) in [6.45, 7) is 3.68. The molecule has 1 N–H and O–H groups in total. The van der Waals surface area contributed by atoms with Crippen molar-refractivity contribution in [2.45, 2.75) is 26.2 Å². The predicted octanol–water partition coefficient (Wildman–Crippen LogP) is 3.75. The van der Waals surface area contributed by atoms with Crippen LogP contribution in [0.15, 0.2) is 48.5 Å². The Bertz CT molecular complexity index is 1160. The lowest BCUT2D eigenvalue weighted by molar-refractivity contribution is 0.243. The van der Waals surface area contributed by atoms with Crippen molar-refractivity contribution in [2.24, 2.45) is 7.05 Å². The molecule has 0 saturated carbocycles. The van der Waals surface area contributed by atoms with E-state index < -0.39 is 0 Å². The Kier molecular flexibility index (Phi) is 7.14. The maximum Gasteiger partial charge on any atom is 0.215 e. The van der Waals surface area contributed by atoms with E-state index in [4.69, 9.17) is 9.84 Å². The molecule has 0 bridgehead atoms. The number of aromatic amines is 1. The molecule has 0 unspecified atom stereocenters. The third-order valence-electron chi connectivity index (χ3n) is 5.59. The van der Waals surface area contributed by atoms with Crippen molar-refractivity contribution in [1.82, 2.24) is 35.3 Å². The maximum absolute atomic E-state index is 6.16. The predicted molar refractivity (Wildman–Crippen MR) is 129 cm³/mol. The number of aromatic nitrogens is 6. The molecule has 4 aromatic rings. The zero-order valence-electron chi connectivity index (χ0n) is 19.7. The fraction of sp³-hybridized carbons (Fsp3) is 0.360. The van der Waals surface area contributed by atoms with E-state index in [0.717, 1.165) is 54.1 Å². The Morgan fingerprint density at radius 2 is 1.79 bits per heavy atom. The highest BCUT2D eigenvalue weighted by atomic mass is 16.5. The number of aryl methyl sites for hydroxylation is 2. The van der Waals surface area contributed by atoms with Gasteiger partial charge in [0.2, 0.25) is 11.7 Å². The van der Waals surface area contributed by atoms with Gasteiger partial charge in [-0.25, -0.2) is 4.68 Å². The summed E-state index contributed by atoms with van der Waals surface area (Å²) in [5.41, 5.74) is 6.66. The average molecular weight is 446 g/mol. The van der Waals surface area contributed by atoms with Crippen LogP contribution in [0.3, 0.4) is 0 Å². The molecule has 0 radical (unpaired) electrons. The van der Waals surface area contributed by atoms with Crippen LogP contribution < -0.4 is 4.74 Å². The van der Waals surface area contributed by atoms with Crippen LogP contribution in [-0.2, 0) is 19.9 Å². The smallest absolute Gasteiger partial charge is 0.215 e. The highest BCUT2D eigenvalue weighted by molar-refractivity contribution is 5.80. The van der Waals surface area contributed by atoms with Gasteiger partial charge in [0.25, 0.3) is 0 Å². The normalized spacial score (nSPS) is 11.3. The molecule has 0 aliphatic rings. The van der Waals surface area contributed by atoms with E-state index in [0.29, 0.717) is 12.4 Å². The molecule has 2 aromatic heterocycles. The Morgan fingerprint density at radius 3 is 2.45 bits per heavy atom. The van der Waals surface area contributed by atoms with E-state index in [-0.39, 0.29) is 0 Å². The van der Waals surface area contributed by atoms with E-state index in [2.05, 4.69) is 76.9 Å². The third-order valence-corrected chi connectivity index (χ3v) is 5.59. The number of nitrogens with zero attached hydrogens (tertiary/aromatic N) is 6. The first-order chi connectivity index (χ1) is 16.1. The summed E-state index contributed by atoms with van der Waals surface area (Å²) in [6.07, 6.45) is 2.77. The molecule has 172 valence electrons. The molecule has 2 aromatic carbocycles. The van der Waals surface area contributed by atoms with Crippen molar-refractivity contribution in [1.29, 1.82) is 0 Å². The zero-order valence-corrected chi connectivity index (χ0v) is 19.7. The van der Waals surface area contributed by atoms with Gasteiger partial charge in [-0.1, -0.05) is 61.9 Å². The summed E-state index contributed by atoms with van der Waals surface area (Å²) >= 11 is 0. The van der Waals surface area contributed by atoms with Gasteiger partial charge in [0.1, 0.15) is 6.61 Å². The van der Waals surface area contributed by atoms with E-state index in [9.17, 15) is 0 Å². The van der Waals surface area contributed by atoms with Crippen molar-refractivity contribution in [3.63, 3.8) is 0 Å². The summed E-state index contributed by atoms with van der Waals surface area (Å²) in [6, 6.07) is 16.8. The summed E-state index contributed by atoms with van der Waals surface area (Å²) < 4.78 is 8.04. The van der Waals surface area contributed by atoms with Crippen LogP contribution >= 0.6 is 0 Å². The largest absolute Gasteiger partial charge is 0.476 e. The highest BCUT2D eigenvalue weighted by Crippen LogP contribution is 2.31. The van der Waals surface area contributed by atoms with Crippen LogP contribution in [-0.4, -0.2) is 62.6 Å². The van der Waals surface area contributed by atoms with Crippen LogP contribution in [0.25, 0.3) is 22.5 Å². The molecule has 0 spiro atoms. The van der Waals surface area contributed by atoms with Gasteiger partial charge in [0.05, 0.1) is 5.69 Å². The van der Waals surface area contributed by atoms with Crippen molar-refractivity contribution in [3.05, 3.63) is 65.4 Å². The quantitative estimate of drug-likeness (QED) is 0.400. The second-order valence-electron chi connectivity index (χ2n) is 8.41.